The van der Waals surface area contributed by atoms with Crippen LogP contribution < -0.4 is 10.6 Å². The van der Waals surface area contributed by atoms with Crippen molar-refractivity contribution in [3.63, 3.8) is 0 Å². The molecule has 0 radical (unpaired) electrons. The van der Waals surface area contributed by atoms with Crippen molar-refractivity contribution in [2.45, 2.75) is 38.8 Å². The van der Waals surface area contributed by atoms with Gasteiger partial charge in [0.05, 0.1) is 19.9 Å². The van der Waals surface area contributed by atoms with Crippen LogP contribution in [0, 0.1) is 17.8 Å². The molecule has 100 valence electrons. The molecule has 0 unspecified atom stereocenters. The summed E-state index contributed by atoms with van der Waals surface area (Å²) in [5.74, 6) is 2.24. The van der Waals surface area contributed by atoms with E-state index in [0.29, 0.717) is 12.1 Å². The number of nitrogens with one attached hydrogen (secondary N) is 2. The predicted molar refractivity (Wildman–Crippen MR) is 67.4 cm³/mol. The zero-order valence-corrected chi connectivity index (χ0v) is 11.1. The Morgan fingerprint density at radius 2 is 1.71 bits per heavy atom. The Labute approximate surface area is 104 Å². The normalized spacial score (nSPS) is 39.2. The maximum atomic E-state index is 5.04. The number of hydrogen-bond donors (Lipinski definition) is 2. The third-order valence-electron chi connectivity index (χ3n) is 4.16. The summed E-state index contributed by atoms with van der Waals surface area (Å²) in [7, 11) is 1.59. The molecule has 2 N–H and O–H groups in total. The summed E-state index contributed by atoms with van der Waals surface area (Å²) in [6.07, 6.45) is 5.68. The second-order valence-electron chi connectivity index (χ2n) is 5.63. The Hall–Kier alpha value is -0.160. The quantitative estimate of drug-likeness (QED) is 0.579. The van der Waals surface area contributed by atoms with Gasteiger partial charge in [-0.15, -0.1) is 0 Å². The summed E-state index contributed by atoms with van der Waals surface area (Å²) in [6, 6.07) is 0. The Morgan fingerprint density at radius 3 is 2.29 bits per heavy atom. The third-order valence-corrected chi connectivity index (χ3v) is 4.16. The molecule has 1 saturated heterocycles. The maximum Gasteiger partial charge on any atom is 0.0850 e. The van der Waals surface area contributed by atoms with Crippen LogP contribution in [-0.4, -0.2) is 33.0 Å². The highest BCUT2D eigenvalue weighted by Gasteiger charge is 2.29. The van der Waals surface area contributed by atoms with Gasteiger partial charge in [0.15, 0.2) is 0 Å². The van der Waals surface area contributed by atoms with E-state index in [4.69, 9.17) is 4.89 Å². The Morgan fingerprint density at radius 1 is 1.06 bits per heavy atom. The number of rotatable bonds is 4. The van der Waals surface area contributed by atoms with Crippen LogP contribution in [0.15, 0.2) is 0 Å². The zero-order chi connectivity index (χ0) is 12.1. The highest BCUT2D eigenvalue weighted by Crippen LogP contribution is 2.31. The molecule has 2 aliphatic rings. The first-order chi connectivity index (χ1) is 8.29. The minimum Gasteiger partial charge on any atom is -0.301 e. The van der Waals surface area contributed by atoms with E-state index in [0.717, 1.165) is 31.5 Å². The fourth-order valence-electron chi connectivity index (χ4n) is 2.99. The average Bonchev–Trinajstić information content (AvgIpc) is 2.38. The summed E-state index contributed by atoms with van der Waals surface area (Å²) in [5.41, 5.74) is 0. The second-order valence-corrected chi connectivity index (χ2v) is 5.63. The van der Waals surface area contributed by atoms with Gasteiger partial charge < -0.3 is 10.6 Å². The van der Waals surface area contributed by atoms with Crippen molar-refractivity contribution >= 4 is 0 Å². The Kier molecular flexibility index (Phi) is 5.22. The van der Waals surface area contributed by atoms with Crippen molar-refractivity contribution in [1.82, 2.24) is 10.6 Å². The van der Waals surface area contributed by atoms with Crippen LogP contribution in [0.4, 0.5) is 0 Å². The van der Waals surface area contributed by atoms with Crippen molar-refractivity contribution in [2.75, 3.05) is 26.8 Å². The molecule has 0 aromatic rings. The third kappa shape index (κ3) is 3.91. The van der Waals surface area contributed by atoms with E-state index in [1.807, 2.05) is 0 Å². The molecule has 0 bridgehead atoms. The lowest BCUT2D eigenvalue weighted by Crippen LogP contribution is -2.56. The minimum absolute atomic E-state index is 0.537. The molecule has 0 spiro atoms. The molecular weight excluding hydrogens is 216 g/mol. The van der Waals surface area contributed by atoms with E-state index in [9.17, 15) is 0 Å². The Bertz CT molecular complexity index is 209. The molecule has 1 aliphatic carbocycles. The lowest BCUT2D eigenvalue weighted by Gasteiger charge is -2.38. The van der Waals surface area contributed by atoms with Crippen molar-refractivity contribution in [3.05, 3.63) is 0 Å². The van der Waals surface area contributed by atoms with Crippen molar-refractivity contribution in [1.29, 1.82) is 0 Å². The van der Waals surface area contributed by atoms with Crippen molar-refractivity contribution in [3.8, 4) is 0 Å². The van der Waals surface area contributed by atoms with Crippen LogP contribution in [-0.2, 0) is 9.78 Å². The van der Waals surface area contributed by atoms with Gasteiger partial charge in [-0.1, -0.05) is 6.92 Å². The van der Waals surface area contributed by atoms with E-state index >= 15 is 0 Å². The van der Waals surface area contributed by atoms with E-state index in [1.54, 1.807) is 7.11 Å². The molecule has 1 saturated carbocycles. The molecule has 1 heterocycles. The summed E-state index contributed by atoms with van der Waals surface area (Å²) in [5, 5.41) is 7.26. The van der Waals surface area contributed by atoms with Crippen LogP contribution in [0.25, 0.3) is 0 Å². The first kappa shape index (κ1) is 13.3. The van der Waals surface area contributed by atoms with Crippen LogP contribution in [0.5, 0.6) is 0 Å². The SMILES string of the molecule is COOCC1CCC(C2NCC(C)CN2)CC1. The molecular formula is C13H26N2O2. The predicted octanol–water partition coefficient (Wildman–Crippen LogP) is 1.53. The fraction of sp³-hybridized carbons (Fsp3) is 1.00. The first-order valence-electron chi connectivity index (χ1n) is 6.92. The highest BCUT2D eigenvalue weighted by atomic mass is 17.2. The average molecular weight is 242 g/mol. The molecule has 17 heavy (non-hydrogen) atoms. The van der Waals surface area contributed by atoms with E-state index in [-0.39, 0.29) is 0 Å². The smallest absolute Gasteiger partial charge is 0.0850 e. The van der Waals surface area contributed by atoms with Gasteiger partial charge in [-0.05, 0) is 43.4 Å². The molecule has 0 aromatic heterocycles. The van der Waals surface area contributed by atoms with E-state index in [1.165, 1.54) is 25.7 Å². The molecule has 4 nitrogen and oxygen atoms in total. The molecule has 0 atom stereocenters. The van der Waals surface area contributed by atoms with Crippen LogP contribution in [0.2, 0.25) is 0 Å². The molecule has 0 aromatic carbocycles. The molecule has 1 aliphatic heterocycles. The highest BCUT2D eigenvalue weighted by molar-refractivity contribution is 4.84. The van der Waals surface area contributed by atoms with Gasteiger partial charge in [-0.2, -0.15) is 0 Å². The van der Waals surface area contributed by atoms with Crippen LogP contribution in [0.3, 0.4) is 0 Å². The van der Waals surface area contributed by atoms with Crippen LogP contribution in [0.1, 0.15) is 32.6 Å². The van der Waals surface area contributed by atoms with Gasteiger partial charge in [0.2, 0.25) is 0 Å². The lowest BCUT2D eigenvalue weighted by molar-refractivity contribution is -0.281. The summed E-state index contributed by atoms with van der Waals surface area (Å²) >= 11 is 0. The first-order valence-corrected chi connectivity index (χ1v) is 6.92. The monoisotopic (exact) mass is 242 g/mol. The standard InChI is InChI=1S/C13H26N2O2/c1-10-7-14-13(15-8-10)12-5-3-11(4-6-12)9-17-16-2/h10-15H,3-9H2,1-2H3. The van der Waals surface area contributed by atoms with Crippen molar-refractivity contribution in [2.24, 2.45) is 17.8 Å². The maximum absolute atomic E-state index is 5.04. The molecule has 2 fully saturated rings. The second kappa shape index (κ2) is 6.69. The largest absolute Gasteiger partial charge is 0.301 e. The van der Waals surface area contributed by atoms with Gasteiger partial charge in [0, 0.05) is 13.1 Å². The molecule has 2 rings (SSSR count). The topological polar surface area (TPSA) is 42.5 Å². The van der Waals surface area contributed by atoms with Gasteiger partial charge in [-0.3, -0.25) is 0 Å². The van der Waals surface area contributed by atoms with E-state index in [2.05, 4.69) is 22.4 Å². The van der Waals surface area contributed by atoms with Gasteiger partial charge in [-0.25, -0.2) is 9.78 Å². The Balaban J connectivity index is 1.68. The minimum atomic E-state index is 0.537. The van der Waals surface area contributed by atoms with Crippen molar-refractivity contribution < 1.29 is 9.78 Å². The van der Waals surface area contributed by atoms with Crippen LogP contribution >= 0.6 is 0 Å². The summed E-state index contributed by atoms with van der Waals surface area (Å²) in [6.45, 7) is 5.36. The van der Waals surface area contributed by atoms with Gasteiger partial charge >= 0.3 is 0 Å². The van der Waals surface area contributed by atoms with Gasteiger partial charge in [0.25, 0.3) is 0 Å². The molecule has 4 heteroatoms. The number of hydrogen-bond acceptors (Lipinski definition) is 4. The van der Waals surface area contributed by atoms with Gasteiger partial charge in [0.1, 0.15) is 0 Å². The summed E-state index contributed by atoms with van der Waals surface area (Å²) < 4.78 is 0. The summed E-state index contributed by atoms with van der Waals surface area (Å²) in [4.78, 5) is 9.71. The lowest BCUT2D eigenvalue weighted by atomic mass is 9.80. The molecule has 0 amide bonds. The van der Waals surface area contributed by atoms with E-state index < -0.39 is 0 Å². The zero-order valence-electron chi connectivity index (χ0n) is 11.1. The fourth-order valence-corrected chi connectivity index (χ4v) is 2.99.